The number of carbonyl (C=O) groups is 1. The van der Waals surface area contributed by atoms with Crippen molar-refractivity contribution in [3.8, 4) is 0 Å². The number of hydrogen-bond acceptors (Lipinski definition) is 8. The topological polar surface area (TPSA) is 80.0 Å². The third-order valence-corrected chi connectivity index (χ3v) is 3.54. The molecule has 0 aliphatic carbocycles. The molecule has 1 aromatic carbocycles. The first kappa shape index (κ1) is 16.8. The molecule has 0 saturated heterocycles. The number of esters is 1. The van der Waals surface area contributed by atoms with Gasteiger partial charge in [-0.1, -0.05) is 17.9 Å². The highest BCUT2D eigenvalue weighted by Gasteiger charge is 2.05. The molecule has 0 saturated carbocycles. The van der Waals surface area contributed by atoms with Gasteiger partial charge in [-0.15, -0.1) is 20.4 Å². The SMILES string of the molecule is C=CC(=O)OCCN(CC)c1ccc(N=Nc2nncs2)cc1. The van der Waals surface area contributed by atoms with Crippen LogP contribution in [0.3, 0.4) is 0 Å². The first-order valence-corrected chi connectivity index (χ1v) is 7.93. The van der Waals surface area contributed by atoms with Crippen LogP contribution >= 0.6 is 11.3 Å². The molecular formula is C15H17N5O2S. The summed E-state index contributed by atoms with van der Waals surface area (Å²) in [5, 5.41) is 16.1. The van der Waals surface area contributed by atoms with Gasteiger partial charge in [0, 0.05) is 18.3 Å². The van der Waals surface area contributed by atoms with Crippen molar-refractivity contribution in [2.45, 2.75) is 6.92 Å². The molecule has 0 aliphatic rings. The summed E-state index contributed by atoms with van der Waals surface area (Å²) in [4.78, 5) is 13.1. The Kier molecular flexibility index (Phi) is 6.37. The number of nitrogens with zero attached hydrogens (tertiary/aromatic N) is 5. The maximum Gasteiger partial charge on any atom is 0.330 e. The van der Waals surface area contributed by atoms with Gasteiger partial charge in [0.1, 0.15) is 12.1 Å². The average Bonchev–Trinajstić information content (AvgIpc) is 3.11. The van der Waals surface area contributed by atoms with Gasteiger partial charge in [0.2, 0.25) is 0 Å². The molecule has 2 aromatic rings. The molecule has 23 heavy (non-hydrogen) atoms. The lowest BCUT2D eigenvalue weighted by atomic mass is 10.2. The minimum atomic E-state index is -0.409. The standard InChI is InChI=1S/C15H17N5O2S/c1-3-14(21)22-10-9-20(4-2)13-7-5-12(6-8-13)17-19-15-18-16-11-23-15/h3,5-8,11H,1,4,9-10H2,2H3. The van der Waals surface area contributed by atoms with E-state index in [1.807, 2.05) is 31.2 Å². The number of likely N-dealkylation sites (N-methyl/N-ethyl adjacent to an activating group) is 1. The number of anilines is 1. The van der Waals surface area contributed by atoms with E-state index in [-0.39, 0.29) is 0 Å². The highest BCUT2D eigenvalue weighted by atomic mass is 32.1. The van der Waals surface area contributed by atoms with Crippen molar-refractivity contribution >= 4 is 33.8 Å². The summed E-state index contributed by atoms with van der Waals surface area (Å²) in [6, 6.07) is 7.65. The molecule has 0 spiro atoms. The molecule has 0 N–H and O–H groups in total. The van der Waals surface area contributed by atoms with Crippen LogP contribution in [0.5, 0.6) is 0 Å². The van der Waals surface area contributed by atoms with E-state index >= 15 is 0 Å². The lowest BCUT2D eigenvalue weighted by Crippen LogP contribution is -2.27. The second-order valence-electron chi connectivity index (χ2n) is 4.39. The number of aromatic nitrogens is 2. The Balaban J connectivity index is 1.93. The Morgan fingerprint density at radius 1 is 1.39 bits per heavy atom. The molecule has 8 heteroatoms. The van der Waals surface area contributed by atoms with E-state index in [0.717, 1.165) is 24.0 Å². The fourth-order valence-corrected chi connectivity index (χ4v) is 2.20. The minimum absolute atomic E-state index is 0.317. The van der Waals surface area contributed by atoms with E-state index in [4.69, 9.17) is 4.74 Å². The quantitative estimate of drug-likeness (QED) is 0.420. The third kappa shape index (κ3) is 5.26. The van der Waals surface area contributed by atoms with Gasteiger partial charge >= 0.3 is 5.97 Å². The Morgan fingerprint density at radius 3 is 2.78 bits per heavy atom. The van der Waals surface area contributed by atoms with Gasteiger partial charge in [-0.3, -0.25) is 0 Å². The van der Waals surface area contributed by atoms with Crippen LogP contribution in [0.1, 0.15) is 6.92 Å². The molecule has 120 valence electrons. The van der Waals surface area contributed by atoms with Gasteiger partial charge < -0.3 is 9.64 Å². The van der Waals surface area contributed by atoms with Crippen molar-refractivity contribution in [3.05, 3.63) is 42.4 Å². The van der Waals surface area contributed by atoms with Crippen LogP contribution in [0.15, 0.2) is 52.7 Å². The summed E-state index contributed by atoms with van der Waals surface area (Å²) in [6.45, 7) is 7.14. The van der Waals surface area contributed by atoms with E-state index in [2.05, 4.69) is 31.9 Å². The number of benzene rings is 1. The normalized spacial score (nSPS) is 10.7. The fourth-order valence-electron chi connectivity index (χ4n) is 1.83. The van der Waals surface area contributed by atoms with Crippen molar-refractivity contribution < 1.29 is 9.53 Å². The second-order valence-corrected chi connectivity index (χ2v) is 5.20. The van der Waals surface area contributed by atoms with Crippen LogP contribution in [-0.4, -0.2) is 35.9 Å². The number of ether oxygens (including phenoxy) is 1. The number of rotatable bonds is 8. The van der Waals surface area contributed by atoms with Gasteiger partial charge in [0.25, 0.3) is 5.13 Å². The lowest BCUT2D eigenvalue weighted by molar-refractivity contribution is -0.137. The molecule has 1 heterocycles. The molecule has 0 atom stereocenters. The molecule has 0 fully saturated rings. The summed E-state index contributed by atoms with van der Waals surface area (Å²) in [5.41, 5.74) is 3.37. The summed E-state index contributed by atoms with van der Waals surface area (Å²) in [5.74, 6) is -0.409. The van der Waals surface area contributed by atoms with E-state index < -0.39 is 5.97 Å². The van der Waals surface area contributed by atoms with Gasteiger partial charge in [-0.25, -0.2) is 4.79 Å². The number of carbonyl (C=O) groups excluding carboxylic acids is 1. The zero-order chi connectivity index (χ0) is 16.5. The average molecular weight is 331 g/mol. The maximum absolute atomic E-state index is 11.0. The summed E-state index contributed by atoms with van der Waals surface area (Å²) in [7, 11) is 0. The fraction of sp³-hybridized carbons (Fsp3) is 0.267. The van der Waals surface area contributed by atoms with E-state index in [1.54, 1.807) is 5.51 Å². The Bertz CT molecular complexity index is 655. The van der Waals surface area contributed by atoms with E-state index in [9.17, 15) is 4.79 Å². The molecule has 7 nitrogen and oxygen atoms in total. The molecule has 1 aromatic heterocycles. The molecule has 2 rings (SSSR count). The summed E-state index contributed by atoms with van der Waals surface area (Å²) >= 11 is 1.33. The predicted octanol–water partition coefficient (Wildman–Crippen LogP) is 3.51. The Labute approximate surface area is 138 Å². The van der Waals surface area contributed by atoms with Crippen molar-refractivity contribution in [3.63, 3.8) is 0 Å². The Morgan fingerprint density at radius 2 is 2.17 bits per heavy atom. The molecular weight excluding hydrogens is 314 g/mol. The minimum Gasteiger partial charge on any atom is -0.461 e. The highest BCUT2D eigenvalue weighted by molar-refractivity contribution is 7.13. The maximum atomic E-state index is 11.0. The van der Waals surface area contributed by atoms with Crippen molar-refractivity contribution in [1.82, 2.24) is 10.2 Å². The van der Waals surface area contributed by atoms with Gasteiger partial charge in [0.15, 0.2) is 0 Å². The molecule has 0 unspecified atom stereocenters. The highest BCUT2D eigenvalue weighted by Crippen LogP contribution is 2.22. The summed E-state index contributed by atoms with van der Waals surface area (Å²) in [6.07, 6.45) is 1.16. The third-order valence-electron chi connectivity index (χ3n) is 2.97. The predicted molar refractivity (Wildman–Crippen MR) is 89.6 cm³/mol. The van der Waals surface area contributed by atoms with Crippen LogP contribution in [0.2, 0.25) is 0 Å². The monoisotopic (exact) mass is 331 g/mol. The van der Waals surface area contributed by atoms with Gasteiger partial charge in [-0.05, 0) is 31.2 Å². The first-order chi connectivity index (χ1) is 11.2. The van der Waals surface area contributed by atoms with Crippen LogP contribution in [0.4, 0.5) is 16.5 Å². The molecule has 0 amide bonds. The molecule has 0 bridgehead atoms. The Hall–Kier alpha value is -2.61. The second kappa shape index (κ2) is 8.74. The van der Waals surface area contributed by atoms with Crippen molar-refractivity contribution in [2.24, 2.45) is 10.2 Å². The smallest absolute Gasteiger partial charge is 0.330 e. The van der Waals surface area contributed by atoms with Gasteiger partial charge in [-0.2, -0.15) is 0 Å². The van der Waals surface area contributed by atoms with Crippen molar-refractivity contribution in [2.75, 3.05) is 24.6 Å². The molecule has 0 aliphatic heterocycles. The molecule has 0 radical (unpaired) electrons. The largest absolute Gasteiger partial charge is 0.461 e. The van der Waals surface area contributed by atoms with Crippen molar-refractivity contribution in [1.29, 1.82) is 0 Å². The number of azo groups is 1. The van der Waals surface area contributed by atoms with Crippen LogP contribution in [0.25, 0.3) is 0 Å². The van der Waals surface area contributed by atoms with E-state index in [1.165, 1.54) is 11.3 Å². The van der Waals surface area contributed by atoms with Crippen LogP contribution in [0, 0.1) is 0 Å². The summed E-state index contributed by atoms with van der Waals surface area (Å²) < 4.78 is 5.00. The van der Waals surface area contributed by atoms with Crippen LogP contribution < -0.4 is 4.90 Å². The zero-order valence-corrected chi connectivity index (χ0v) is 13.6. The number of hydrogen-bond donors (Lipinski definition) is 0. The van der Waals surface area contributed by atoms with E-state index in [0.29, 0.717) is 18.3 Å². The zero-order valence-electron chi connectivity index (χ0n) is 12.8. The van der Waals surface area contributed by atoms with Crippen LogP contribution in [-0.2, 0) is 9.53 Å². The first-order valence-electron chi connectivity index (χ1n) is 7.05. The van der Waals surface area contributed by atoms with Gasteiger partial charge in [0.05, 0.1) is 12.2 Å². The lowest BCUT2D eigenvalue weighted by Gasteiger charge is -2.22.